The molecule has 1 aromatic carbocycles. The van der Waals surface area contributed by atoms with Gasteiger partial charge >= 0.3 is 0 Å². The summed E-state index contributed by atoms with van der Waals surface area (Å²) in [5.41, 5.74) is 2.70. The van der Waals surface area contributed by atoms with Crippen molar-refractivity contribution in [1.82, 2.24) is 20.9 Å². The Balaban J connectivity index is 1.66. The van der Waals surface area contributed by atoms with Gasteiger partial charge in [0.15, 0.2) is 0 Å². The van der Waals surface area contributed by atoms with E-state index in [-0.39, 0.29) is 36.8 Å². The molecule has 3 N–H and O–H groups in total. The molecule has 6 nitrogen and oxygen atoms in total. The molecule has 7 heteroatoms. The summed E-state index contributed by atoms with van der Waals surface area (Å²) in [4.78, 5) is 26.3. The van der Waals surface area contributed by atoms with Crippen LogP contribution in [0.4, 0.5) is 4.39 Å². The van der Waals surface area contributed by atoms with E-state index >= 15 is 0 Å². The SMILES string of the molecule is C=C(C(NCCC)C1CC1)N(C)CC(=O)NCC(=O)NCCCc1cccc(F)c1CCC. The van der Waals surface area contributed by atoms with Crippen LogP contribution in [0, 0.1) is 11.7 Å². The van der Waals surface area contributed by atoms with Crippen LogP contribution in [-0.4, -0.2) is 56.0 Å². The monoisotopic (exact) mass is 460 g/mol. The standard InChI is InChI=1S/C26H41FN4O2/c1-5-9-22-20(10-7-12-23(22)27)11-8-16-28-24(32)17-30-25(33)18-31(4)19(3)26(21-13-14-21)29-15-6-2/h7,10,12,21,26,29H,3,5-6,8-9,11,13-18H2,1-2,4H3,(H,28,32)(H,30,33). The molecular formula is C26H41FN4O2. The van der Waals surface area contributed by atoms with E-state index in [1.807, 2.05) is 24.9 Å². The molecule has 0 aromatic heterocycles. The van der Waals surface area contributed by atoms with Gasteiger partial charge < -0.3 is 20.9 Å². The maximum Gasteiger partial charge on any atom is 0.239 e. The number of carbonyl (C=O) groups excluding carboxylic acids is 2. The maximum atomic E-state index is 14.0. The molecule has 1 aliphatic carbocycles. The Morgan fingerprint density at radius 3 is 2.55 bits per heavy atom. The summed E-state index contributed by atoms with van der Waals surface area (Å²) in [5, 5.41) is 9.04. The van der Waals surface area contributed by atoms with Crippen LogP contribution >= 0.6 is 0 Å². The predicted octanol–water partition coefficient (Wildman–Crippen LogP) is 3.17. The zero-order valence-electron chi connectivity index (χ0n) is 20.5. The first-order chi connectivity index (χ1) is 15.9. The lowest BCUT2D eigenvalue weighted by atomic mass is 9.99. The van der Waals surface area contributed by atoms with Crippen molar-refractivity contribution in [2.24, 2.45) is 5.92 Å². The topological polar surface area (TPSA) is 73.5 Å². The Kier molecular flexibility index (Phi) is 11.4. The minimum absolute atomic E-state index is 0.0552. The normalized spacial score (nSPS) is 13.9. The van der Waals surface area contributed by atoms with Gasteiger partial charge in [0.25, 0.3) is 0 Å². The predicted molar refractivity (Wildman–Crippen MR) is 131 cm³/mol. The number of likely N-dealkylation sites (N-methyl/N-ethyl adjacent to an activating group) is 1. The molecule has 1 aromatic rings. The zero-order valence-corrected chi connectivity index (χ0v) is 20.5. The average Bonchev–Trinajstić information content (AvgIpc) is 3.62. The van der Waals surface area contributed by atoms with Gasteiger partial charge in [-0.05, 0) is 68.2 Å². The number of hydrogen-bond acceptors (Lipinski definition) is 4. The molecule has 1 saturated carbocycles. The second-order valence-corrected chi connectivity index (χ2v) is 8.97. The van der Waals surface area contributed by atoms with Gasteiger partial charge in [0.05, 0.1) is 13.1 Å². The Morgan fingerprint density at radius 2 is 1.88 bits per heavy atom. The number of hydrogen-bond donors (Lipinski definition) is 3. The van der Waals surface area contributed by atoms with Gasteiger partial charge in [-0.2, -0.15) is 0 Å². The van der Waals surface area contributed by atoms with Crippen LogP contribution in [0.15, 0.2) is 30.5 Å². The Bertz CT molecular complexity index is 794. The summed E-state index contributed by atoms with van der Waals surface area (Å²) in [6.45, 7) is 9.89. The third-order valence-corrected chi connectivity index (χ3v) is 6.04. The molecule has 2 amide bonds. The number of benzene rings is 1. The summed E-state index contributed by atoms with van der Waals surface area (Å²) in [7, 11) is 1.87. The molecular weight excluding hydrogens is 419 g/mol. The molecule has 33 heavy (non-hydrogen) atoms. The van der Waals surface area contributed by atoms with Gasteiger partial charge in [0, 0.05) is 25.3 Å². The van der Waals surface area contributed by atoms with E-state index in [4.69, 9.17) is 0 Å². The number of nitrogens with one attached hydrogen (secondary N) is 3. The number of amides is 2. The van der Waals surface area contributed by atoms with Crippen LogP contribution in [0.3, 0.4) is 0 Å². The van der Waals surface area contributed by atoms with Gasteiger partial charge in [-0.1, -0.05) is 39.0 Å². The van der Waals surface area contributed by atoms with Crippen molar-refractivity contribution in [1.29, 1.82) is 0 Å². The zero-order chi connectivity index (χ0) is 24.2. The Morgan fingerprint density at radius 1 is 1.12 bits per heavy atom. The van der Waals surface area contributed by atoms with Crippen LogP contribution < -0.4 is 16.0 Å². The highest BCUT2D eigenvalue weighted by Crippen LogP contribution is 2.35. The van der Waals surface area contributed by atoms with Crippen LogP contribution in [0.1, 0.15) is 57.1 Å². The van der Waals surface area contributed by atoms with Crippen LogP contribution in [0.25, 0.3) is 0 Å². The number of halogens is 1. The van der Waals surface area contributed by atoms with Crippen molar-refractivity contribution in [3.05, 3.63) is 47.4 Å². The molecule has 1 fully saturated rings. The smallest absolute Gasteiger partial charge is 0.239 e. The first kappa shape index (κ1) is 26.8. The molecule has 0 bridgehead atoms. The fourth-order valence-electron chi connectivity index (χ4n) is 4.01. The largest absolute Gasteiger partial charge is 0.368 e. The third kappa shape index (κ3) is 9.16. The molecule has 0 radical (unpaired) electrons. The van der Waals surface area contributed by atoms with E-state index in [1.54, 1.807) is 6.07 Å². The van der Waals surface area contributed by atoms with Crippen molar-refractivity contribution >= 4 is 11.8 Å². The van der Waals surface area contributed by atoms with Crippen molar-refractivity contribution < 1.29 is 14.0 Å². The molecule has 1 atom stereocenters. The summed E-state index contributed by atoms with van der Waals surface area (Å²) in [6, 6.07) is 5.39. The highest BCUT2D eigenvalue weighted by atomic mass is 19.1. The van der Waals surface area contributed by atoms with Crippen LogP contribution in [0.5, 0.6) is 0 Å². The Labute approximate surface area is 198 Å². The van der Waals surface area contributed by atoms with Gasteiger partial charge in [-0.25, -0.2) is 4.39 Å². The molecule has 0 aliphatic heterocycles. The minimum Gasteiger partial charge on any atom is -0.368 e. The second kappa shape index (κ2) is 14.0. The van der Waals surface area contributed by atoms with Gasteiger partial charge in [0.2, 0.25) is 11.8 Å². The summed E-state index contributed by atoms with van der Waals surface area (Å²) in [5.74, 6) is 0.0187. The van der Waals surface area contributed by atoms with Crippen molar-refractivity contribution in [3.63, 3.8) is 0 Å². The molecule has 0 heterocycles. The number of rotatable bonds is 16. The minimum atomic E-state index is -0.224. The Hall–Kier alpha value is -2.41. The molecule has 2 rings (SSSR count). The lowest BCUT2D eigenvalue weighted by Crippen LogP contribution is -2.44. The average molecular weight is 461 g/mol. The van der Waals surface area contributed by atoms with E-state index in [0.717, 1.165) is 49.1 Å². The lowest BCUT2D eigenvalue weighted by Gasteiger charge is -2.29. The number of aryl methyl sites for hydroxylation is 1. The molecule has 1 aliphatic rings. The van der Waals surface area contributed by atoms with Crippen LogP contribution in [-0.2, 0) is 22.4 Å². The second-order valence-electron chi connectivity index (χ2n) is 8.97. The highest BCUT2D eigenvalue weighted by Gasteiger charge is 2.33. The van der Waals surface area contributed by atoms with Crippen molar-refractivity contribution in [3.8, 4) is 0 Å². The summed E-state index contributed by atoms with van der Waals surface area (Å²) < 4.78 is 14.0. The van der Waals surface area contributed by atoms with Crippen molar-refractivity contribution in [2.45, 2.75) is 64.8 Å². The van der Waals surface area contributed by atoms with Gasteiger partial charge in [-0.3, -0.25) is 9.59 Å². The number of nitrogens with zero attached hydrogens (tertiary/aromatic N) is 1. The first-order valence-electron chi connectivity index (χ1n) is 12.3. The van der Waals surface area contributed by atoms with Crippen molar-refractivity contribution in [2.75, 3.05) is 33.2 Å². The van der Waals surface area contributed by atoms with Gasteiger partial charge in [0.1, 0.15) is 5.82 Å². The highest BCUT2D eigenvalue weighted by molar-refractivity contribution is 5.85. The van der Waals surface area contributed by atoms with E-state index in [1.165, 1.54) is 18.9 Å². The fourth-order valence-corrected chi connectivity index (χ4v) is 4.01. The molecule has 184 valence electrons. The summed E-state index contributed by atoms with van der Waals surface area (Å²) >= 11 is 0. The third-order valence-electron chi connectivity index (χ3n) is 6.04. The van der Waals surface area contributed by atoms with Crippen LogP contribution in [0.2, 0.25) is 0 Å². The molecule has 1 unspecified atom stereocenters. The van der Waals surface area contributed by atoms with E-state index < -0.39 is 0 Å². The van der Waals surface area contributed by atoms with E-state index in [9.17, 15) is 14.0 Å². The molecule has 0 saturated heterocycles. The van der Waals surface area contributed by atoms with Gasteiger partial charge in [-0.15, -0.1) is 0 Å². The molecule has 0 spiro atoms. The fraction of sp³-hybridized carbons (Fsp3) is 0.615. The first-order valence-corrected chi connectivity index (χ1v) is 12.3. The van der Waals surface area contributed by atoms with E-state index in [2.05, 4.69) is 29.5 Å². The maximum absolute atomic E-state index is 14.0. The quantitative estimate of drug-likeness (QED) is 0.331. The van der Waals surface area contributed by atoms with E-state index in [0.29, 0.717) is 18.9 Å². The number of carbonyl (C=O) groups is 2. The lowest BCUT2D eigenvalue weighted by molar-refractivity contribution is -0.126. The summed E-state index contributed by atoms with van der Waals surface area (Å²) in [6.07, 6.45) is 6.48.